The van der Waals surface area contributed by atoms with E-state index in [1.807, 2.05) is 6.07 Å². The van der Waals surface area contributed by atoms with E-state index in [1.54, 1.807) is 24.3 Å². The molecule has 2 saturated heterocycles. The van der Waals surface area contributed by atoms with Gasteiger partial charge in [0.15, 0.2) is 0 Å². The van der Waals surface area contributed by atoms with Crippen LogP contribution in [0.5, 0.6) is 0 Å². The van der Waals surface area contributed by atoms with Gasteiger partial charge in [0.25, 0.3) is 5.91 Å². The fourth-order valence-electron chi connectivity index (χ4n) is 3.70. The zero-order valence-corrected chi connectivity index (χ0v) is 15.3. The van der Waals surface area contributed by atoms with Crippen molar-refractivity contribution in [1.82, 2.24) is 20.9 Å². The standard InChI is InChI=1S/C19H27N5O3/c20-11-17(25)24-12-15(23-18(26)13-4-2-1-3-5-13)10-16(24)19(27)22-14-6-8-21-9-7-14/h1-5,14-16,21H,6-12,20H2,(H,22,27)(H,23,26). The Balaban J connectivity index is 1.64. The fraction of sp³-hybridized carbons (Fsp3) is 0.526. The summed E-state index contributed by atoms with van der Waals surface area (Å²) in [5.74, 6) is -0.655. The number of nitrogens with one attached hydrogen (secondary N) is 3. The van der Waals surface area contributed by atoms with Crippen LogP contribution >= 0.6 is 0 Å². The van der Waals surface area contributed by atoms with Crippen molar-refractivity contribution in [2.24, 2.45) is 5.73 Å². The largest absolute Gasteiger partial charge is 0.351 e. The number of nitrogens with two attached hydrogens (primary N) is 1. The van der Waals surface area contributed by atoms with Gasteiger partial charge in [-0.25, -0.2) is 0 Å². The summed E-state index contributed by atoms with van der Waals surface area (Å²) in [6, 6.07) is 8.13. The molecule has 2 aliphatic rings. The minimum atomic E-state index is -0.600. The van der Waals surface area contributed by atoms with E-state index >= 15 is 0 Å². The van der Waals surface area contributed by atoms with E-state index in [0.29, 0.717) is 18.5 Å². The molecule has 8 nitrogen and oxygen atoms in total. The Bertz CT molecular complexity index is 675. The van der Waals surface area contributed by atoms with Crippen molar-refractivity contribution >= 4 is 17.7 Å². The number of hydrogen-bond acceptors (Lipinski definition) is 5. The maximum absolute atomic E-state index is 12.8. The summed E-state index contributed by atoms with van der Waals surface area (Å²) in [5, 5.41) is 9.24. The molecule has 3 amide bonds. The molecule has 0 saturated carbocycles. The minimum Gasteiger partial charge on any atom is -0.351 e. The quantitative estimate of drug-likeness (QED) is 0.540. The summed E-state index contributed by atoms with van der Waals surface area (Å²) in [7, 11) is 0. The van der Waals surface area contributed by atoms with Gasteiger partial charge in [0.2, 0.25) is 11.8 Å². The molecule has 1 aromatic rings. The van der Waals surface area contributed by atoms with Crippen LogP contribution in [-0.4, -0.2) is 66.9 Å². The first-order valence-electron chi connectivity index (χ1n) is 9.45. The predicted octanol–water partition coefficient (Wildman–Crippen LogP) is -0.787. The lowest BCUT2D eigenvalue weighted by Gasteiger charge is -2.28. The number of likely N-dealkylation sites (tertiary alicyclic amines) is 1. The topological polar surface area (TPSA) is 117 Å². The van der Waals surface area contributed by atoms with Crippen molar-refractivity contribution in [3.8, 4) is 0 Å². The van der Waals surface area contributed by atoms with Gasteiger partial charge < -0.3 is 26.6 Å². The first kappa shape index (κ1) is 19.3. The minimum absolute atomic E-state index is 0.117. The van der Waals surface area contributed by atoms with Gasteiger partial charge in [-0.3, -0.25) is 14.4 Å². The van der Waals surface area contributed by atoms with Gasteiger partial charge in [0.05, 0.1) is 6.54 Å². The van der Waals surface area contributed by atoms with E-state index in [0.717, 1.165) is 25.9 Å². The number of nitrogens with zero attached hydrogens (tertiary/aromatic N) is 1. The van der Waals surface area contributed by atoms with Crippen LogP contribution in [0.1, 0.15) is 29.6 Å². The molecular formula is C19H27N5O3. The molecule has 0 spiro atoms. The maximum Gasteiger partial charge on any atom is 0.251 e. The number of piperidine rings is 1. The predicted molar refractivity (Wildman–Crippen MR) is 101 cm³/mol. The second-order valence-electron chi connectivity index (χ2n) is 7.07. The fourth-order valence-corrected chi connectivity index (χ4v) is 3.70. The Morgan fingerprint density at radius 3 is 2.44 bits per heavy atom. The second-order valence-corrected chi connectivity index (χ2v) is 7.07. The van der Waals surface area contributed by atoms with Crippen LogP contribution in [0.2, 0.25) is 0 Å². The molecule has 0 aliphatic carbocycles. The van der Waals surface area contributed by atoms with Gasteiger partial charge in [-0.1, -0.05) is 18.2 Å². The highest BCUT2D eigenvalue weighted by molar-refractivity contribution is 5.95. The van der Waals surface area contributed by atoms with E-state index in [2.05, 4.69) is 16.0 Å². The lowest BCUT2D eigenvalue weighted by molar-refractivity contribution is -0.137. The zero-order chi connectivity index (χ0) is 19.2. The van der Waals surface area contributed by atoms with E-state index in [1.165, 1.54) is 4.90 Å². The number of carbonyl (C=O) groups excluding carboxylic acids is 3. The van der Waals surface area contributed by atoms with Gasteiger partial charge in [0.1, 0.15) is 6.04 Å². The molecular weight excluding hydrogens is 346 g/mol. The van der Waals surface area contributed by atoms with Gasteiger partial charge in [-0.05, 0) is 44.5 Å². The van der Waals surface area contributed by atoms with E-state index in [4.69, 9.17) is 5.73 Å². The molecule has 2 aliphatic heterocycles. The number of hydrogen-bond donors (Lipinski definition) is 4. The highest BCUT2D eigenvalue weighted by Gasteiger charge is 2.40. The summed E-state index contributed by atoms with van der Waals surface area (Å²) in [6.07, 6.45) is 2.13. The smallest absolute Gasteiger partial charge is 0.251 e. The molecule has 27 heavy (non-hydrogen) atoms. The van der Waals surface area contributed by atoms with Crippen LogP contribution in [0.15, 0.2) is 30.3 Å². The summed E-state index contributed by atoms with van der Waals surface area (Å²) in [5.41, 5.74) is 6.07. The molecule has 2 heterocycles. The van der Waals surface area contributed by atoms with Crippen LogP contribution in [0.25, 0.3) is 0 Å². The molecule has 0 radical (unpaired) electrons. The summed E-state index contributed by atoms with van der Waals surface area (Å²) < 4.78 is 0. The zero-order valence-electron chi connectivity index (χ0n) is 15.3. The van der Waals surface area contributed by atoms with Gasteiger partial charge in [0, 0.05) is 24.2 Å². The molecule has 146 valence electrons. The van der Waals surface area contributed by atoms with Crippen LogP contribution in [-0.2, 0) is 9.59 Å². The number of benzene rings is 1. The molecule has 0 bridgehead atoms. The molecule has 0 aromatic heterocycles. The Labute approximate surface area is 158 Å². The molecule has 2 fully saturated rings. The average Bonchev–Trinajstić information content (AvgIpc) is 3.12. The third-order valence-electron chi connectivity index (χ3n) is 5.16. The second kappa shape index (κ2) is 8.96. The van der Waals surface area contributed by atoms with Crippen molar-refractivity contribution < 1.29 is 14.4 Å². The van der Waals surface area contributed by atoms with Crippen LogP contribution in [0.3, 0.4) is 0 Å². The van der Waals surface area contributed by atoms with Gasteiger partial charge in [-0.2, -0.15) is 0 Å². The normalized spacial score (nSPS) is 23.1. The van der Waals surface area contributed by atoms with Crippen LogP contribution in [0, 0.1) is 0 Å². The van der Waals surface area contributed by atoms with Crippen LogP contribution in [0.4, 0.5) is 0 Å². The molecule has 3 rings (SSSR count). The van der Waals surface area contributed by atoms with Crippen molar-refractivity contribution in [1.29, 1.82) is 0 Å². The van der Waals surface area contributed by atoms with E-state index < -0.39 is 6.04 Å². The monoisotopic (exact) mass is 373 g/mol. The maximum atomic E-state index is 12.8. The molecule has 2 unspecified atom stereocenters. The average molecular weight is 373 g/mol. The molecule has 5 N–H and O–H groups in total. The number of carbonyl (C=O) groups is 3. The van der Waals surface area contributed by atoms with Crippen molar-refractivity contribution in [3.05, 3.63) is 35.9 Å². The van der Waals surface area contributed by atoms with Crippen molar-refractivity contribution in [2.75, 3.05) is 26.2 Å². The number of amides is 3. The van der Waals surface area contributed by atoms with Crippen molar-refractivity contribution in [2.45, 2.75) is 37.4 Å². The van der Waals surface area contributed by atoms with Gasteiger partial charge >= 0.3 is 0 Å². The lowest BCUT2D eigenvalue weighted by atomic mass is 10.1. The highest BCUT2D eigenvalue weighted by Crippen LogP contribution is 2.19. The van der Waals surface area contributed by atoms with Crippen molar-refractivity contribution in [3.63, 3.8) is 0 Å². The first-order valence-corrected chi connectivity index (χ1v) is 9.45. The molecule has 1 aromatic carbocycles. The molecule has 2 atom stereocenters. The third-order valence-corrected chi connectivity index (χ3v) is 5.16. The Hall–Kier alpha value is -2.45. The summed E-state index contributed by atoms with van der Waals surface area (Å²) >= 11 is 0. The first-order chi connectivity index (χ1) is 13.1. The van der Waals surface area contributed by atoms with Gasteiger partial charge in [-0.15, -0.1) is 0 Å². The third kappa shape index (κ3) is 4.84. The van der Waals surface area contributed by atoms with E-state index in [-0.39, 0.29) is 36.3 Å². The summed E-state index contributed by atoms with van der Waals surface area (Å²) in [4.78, 5) is 38.9. The van der Waals surface area contributed by atoms with E-state index in [9.17, 15) is 14.4 Å². The number of rotatable bonds is 5. The Kier molecular flexibility index (Phi) is 6.41. The highest BCUT2D eigenvalue weighted by atomic mass is 16.2. The summed E-state index contributed by atoms with van der Waals surface area (Å²) in [6.45, 7) is 1.88. The molecule has 8 heteroatoms. The Morgan fingerprint density at radius 1 is 1.07 bits per heavy atom. The SMILES string of the molecule is NCC(=O)N1CC(NC(=O)c2ccccc2)CC1C(=O)NC1CCNCC1. The Morgan fingerprint density at radius 2 is 1.78 bits per heavy atom. The lowest BCUT2D eigenvalue weighted by Crippen LogP contribution is -2.51. The van der Waals surface area contributed by atoms with Crippen LogP contribution < -0.4 is 21.7 Å².